The quantitative estimate of drug-likeness (QED) is 0.0224. The zero-order chi connectivity index (χ0) is 111. The van der Waals surface area contributed by atoms with Crippen LogP contribution in [0.1, 0.15) is 175 Å². The smallest absolute Gasteiger partial charge is 0.0877 e. The van der Waals surface area contributed by atoms with Crippen LogP contribution in [0.25, 0.3) is 0 Å². The van der Waals surface area contributed by atoms with Gasteiger partial charge in [-0.1, -0.05) is 237 Å². The molecule has 0 aliphatic heterocycles. The molecule has 0 radical (unpaired) electrons. The summed E-state index contributed by atoms with van der Waals surface area (Å²) >= 11 is 72.0. The second-order valence-electron chi connectivity index (χ2n) is 42.9. The van der Waals surface area contributed by atoms with Gasteiger partial charge in [-0.15, -0.1) is 23.2 Å². The van der Waals surface area contributed by atoms with E-state index in [1.807, 2.05) is 203 Å². The van der Waals surface area contributed by atoms with Crippen molar-refractivity contribution in [3.8, 4) is 24.3 Å². The van der Waals surface area contributed by atoms with Crippen LogP contribution in [-0.2, 0) is 54.1 Å². The maximum Gasteiger partial charge on any atom is 0.0877 e. The summed E-state index contributed by atoms with van der Waals surface area (Å²) in [6.07, 6.45) is 9.09. The van der Waals surface area contributed by atoms with Gasteiger partial charge in [0, 0.05) is 210 Å². The van der Waals surface area contributed by atoms with Crippen molar-refractivity contribution in [2.24, 2.45) is 93.6 Å². The van der Waals surface area contributed by atoms with Gasteiger partial charge < -0.3 is 75.3 Å². The summed E-state index contributed by atoms with van der Waals surface area (Å²) in [5, 5.41) is 117. The van der Waals surface area contributed by atoms with Crippen molar-refractivity contribution in [1.82, 2.24) is 0 Å². The average molecular weight is 2280 g/mol. The van der Waals surface area contributed by atoms with Gasteiger partial charge in [0.25, 0.3) is 0 Å². The molecule has 0 spiro atoms. The number of alkyl halides is 2. The van der Waals surface area contributed by atoms with Crippen molar-refractivity contribution in [3.05, 3.63) is 343 Å². The highest BCUT2D eigenvalue weighted by Crippen LogP contribution is 2.62. The first-order valence-electron chi connectivity index (χ1n) is 50.9. The van der Waals surface area contributed by atoms with Gasteiger partial charge in [0.1, 0.15) is 0 Å². The molecule has 10 saturated carbocycles. The summed E-state index contributed by atoms with van der Waals surface area (Å²) < 4.78 is 0. The Kier molecular flexibility index (Phi) is 42.8. The lowest BCUT2D eigenvalue weighted by molar-refractivity contribution is 0.264. The molecular formula is C120H142Cl12N10O8. The largest absolute Gasteiger partial charge is 0.396 e. The molecule has 20 atom stereocenters. The van der Waals surface area contributed by atoms with E-state index in [1.54, 1.807) is 0 Å². The highest BCUT2D eigenvalue weighted by molar-refractivity contribution is 6.34. The first-order valence-corrected chi connectivity index (χ1v) is 55.7. The fraction of sp³-hybridized carbons (Fsp3) is 0.467. The fourth-order valence-electron chi connectivity index (χ4n) is 21.6. The highest BCUT2D eigenvalue weighted by atomic mass is 35.5. The summed E-state index contributed by atoms with van der Waals surface area (Å²) in [5.41, 5.74) is 54.8. The van der Waals surface area contributed by atoms with Gasteiger partial charge >= 0.3 is 0 Å². The first kappa shape index (κ1) is 123. The monoisotopic (exact) mass is 2270 g/mol. The maximum atomic E-state index is 9.18. The van der Waals surface area contributed by atoms with Crippen LogP contribution < -0.4 is 34.4 Å². The van der Waals surface area contributed by atoms with Gasteiger partial charge in [-0.3, -0.25) is 0 Å². The van der Waals surface area contributed by atoms with Crippen LogP contribution in [0.15, 0.2) is 182 Å². The summed E-state index contributed by atoms with van der Waals surface area (Å²) in [7, 11) is 0. The van der Waals surface area contributed by atoms with Gasteiger partial charge in [0.15, 0.2) is 0 Å². The molecule has 0 bridgehead atoms. The van der Waals surface area contributed by atoms with Crippen molar-refractivity contribution in [2.75, 3.05) is 104 Å². The number of halogens is 12. The molecule has 0 amide bonds. The normalized spacial score (nSPS) is 28.9. The SMILES string of the molecule is Cc1cc([C@@]2(C#N)C[C@@H]2CO)ccc1Cl.Cc1cc([C@@]2(CN)C[C@@H]2CCl)ccc1Cl.Cc1cc([C@@]2(CN)C[C@@H]2CO)ccc1Cl.Cc1cc([C@]2(C#N)C[C@H]2CO)ccc1Cl.Cc1cc([C@]2(CN)C[C@H]2CO)ccc1Cl.Cc1ccc([C@@]2(C#N)C[C@H]2CO)cc1Cl.Cc1ccc([C@@]2(CN)C[C@H]2CO)cc1Cl.Cc1ccc([C@]2(C#N)C[C@@H]2CO)cc1Cl.Cc1ccc([C@]2(CN)C[C@@H]2CCl)cc1Cl.Cc1ccc([C@]2(CN)C[C@@H]2CO)cc1Cl. The molecule has 150 heavy (non-hydrogen) atoms. The lowest BCUT2D eigenvalue weighted by atomic mass is 9.92. The molecule has 0 heterocycles. The predicted octanol–water partition coefficient (Wildman–Crippen LogP) is 23.3. The predicted molar refractivity (Wildman–Crippen MR) is 615 cm³/mol. The molecule has 10 aromatic rings. The Balaban J connectivity index is 0.000000158. The standard InChI is InChI=1S/2C12H15Cl2N.2C12H16ClNO.2C12H12ClNO.2C12H16ClNO.2C12H12ClNO/c1-8-4-9(2-3-11(8)14)12(7-15)5-10(12)6-13;1-8-2-3-9(4-11(8)14)12(7-15)5-10(12)6-13;4*1-8-4-9(2-3-11(8)13)12(7-14)5-10(12)6-15;4*1-8-2-3-9(4-11(8)13)12(7-14)5-10(12)6-15/h2*2-4,10H,5-7,15H2,1H3;2*2-4,10,15H,5-7,14H2,1H3;2*2-4,10,15H,5-6H2,1H3;2*2-4,10,15H,5-7,14H2,1H3;2*2-4,10,15H,5-6H2,1H3/t10-,12+;10-,12-;4*10-,12+;4*10-,12-/m1110101010/s1. The topological polar surface area (TPSA) is 413 Å². The molecule has 0 unspecified atom stereocenters. The Morgan fingerprint density at radius 2 is 0.353 bits per heavy atom. The van der Waals surface area contributed by atoms with Gasteiger partial charge in [-0.2, -0.15) is 21.0 Å². The van der Waals surface area contributed by atoms with E-state index in [2.05, 4.69) is 72.8 Å². The van der Waals surface area contributed by atoms with E-state index in [0.717, 1.165) is 172 Å². The van der Waals surface area contributed by atoms with Gasteiger partial charge in [0.05, 0.1) is 45.9 Å². The number of benzene rings is 10. The Labute approximate surface area is 945 Å². The van der Waals surface area contributed by atoms with E-state index in [1.165, 1.54) is 33.4 Å². The van der Waals surface area contributed by atoms with E-state index in [0.29, 0.717) is 107 Å². The number of rotatable bonds is 26. The molecule has 0 aromatic heterocycles. The Morgan fingerprint density at radius 3 is 0.500 bits per heavy atom. The van der Waals surface area contributed by atoms with Crippen LogP contribution in [0, 0.1) is 174 Å². The molecule has 18 nitrogen and oxygen atoms in total. The van der Waals surface area contributed by atoms with Crippen LogP contribution in [0.4, 0.5) is 0 Å². The van der Waals surface area contributed by atoms with Crippen LogP contribution in [0.5, 0.6) is 0 Å². The van der Waals surface area contributed by atoms with E-state index >= 15 is 0 Å². The lowest BCUT2D eigenvalue weighted by Crippen LogP contribution is -2.23. The van der Waals surface area contributed by atoms with Gasteiger partial charge in [0.2, 0.25) is 0 Å². The zero-order valence-corrected chi connectivity index (χ0v) is 95.9. The van der Waals surface area contributed by atoms with Crippen molar-refractivity contribution >= 4 is 139 Å². The summed E-state index contributed by atoms with van der Waals surface area (Å²) in [5.74, 6) is 4.00. The number of aliphatic hydroxyl groups is 8. The second kappa shape index (κ2) is 52.1. The molecule has 30 heteroatoms. The van der Waals surface area contributed by atoms with Crippen LogP contribution in [-0.4, -0.2) is 145 Å². The molecule has 0 saturated heterocycles. The summed E-state index contributed by atoms with van der Waals surface area (Å²) in [6.45, 7) is 24.5. The molecule has 20 rings (SSSR count). The number of hydrogen-bond donors (Lipinski definition) is 14. The molecule has 20 N–H and O–H groups in total. The molecule has 10 aliphatic rings. The first-order chi connectivity index (χ1) is 71.4. The summed E-state index contributed by atoms with van der Waals surface area (Å²) in [4.78, 5) is 0. The number of nitrogens with zero attached hydrogens (tertiary/aromatic N) is 4. The number of nitrogens with two attached hydrogens (primary N) is 6. The van der Waals surface area contributed by atoms with Crippen LogP contribution in [0.2, 0.25) is 50.2 Å². The molecular weight excluding hydrogens is 2130 g/mol. The fourth-order valence-corrected chi connectivity index (χ4v) is 23.9. The summed E-state index contributed by atoms with van der Waals surface area (Å²) in [6, 6.07) is 68.5. The Bertz CT molecular complexity index is 5700. The number of hydrogen-bond acceptors (Lipinski definition) is 18. The number of aliphatic hydroxyl groups excluding tert-OH is 8. The third-order valence-electron chi connectivity index (χ3n) is 34.1. The Hall–Kier alpha value is -6.92. The van der Waals surface area contributed by atoms with Gasteiger partial charge in [-0.25, -0.2) is 0 Å². The average Bonchev–Trinajstić information content (AvgIpc) is 1.64. The molecule has 10 aromatic carbocycles. The van der Waals surface area contributed by atoms with Crippen molar-refractivity contribution in [3.63, 3.8) is 0 Å². The minimum Gasteiger partial charge on any atom is -0.396 e. The van der Waals surface area contributed by atoms with Gasteiger partial charge in [-0.05, 0) is 341 Å². The van der Waals surface area contributed by atoms with Crippen molar-refractivity contribution in [1.29, 1.82) is 21.0 Å². The maximum absolute atomic E-state index is 9.18. The van der Waals surface area contributed by atoms with E-state index in [-0.39, 0.29) is 109 Å². The zero-order valence-electron chi connectivity index (χ0n) is 86.8. The minimum atomic E-state index is -0.494. The second-order valence-corrected chi connectivity index (χ2v) is 47.6. The molecule has 10 aliphatic carbocycles. The van der Waals surface area contributed by atoms with E-state index in [4.69, 9.17) is 215 Å². The third kappa shape index (κ3) is 26.5. The Morgan fingerprint density at radius 1 is 0.207 bits per heavy atom. The minimum absolute atomic E-state index is 0.00407. The van der Waals surface area contributed by atoms with Crippen molar-refractivity contribution < 1.29 is 40.9 Å². The van der Waals surface area contributed by atoms with E-state index < -0.39 is 21.7 Å². The van der Waals surface area contributed by atoms with Crippen LogP contribution in [0.3, 0.4) is 0 Å². The number of nitriles is 4. The highest BCUT2D eigenvalue weighted by Gasteiger charge is 2.62. The molecule has 10 fully saturated rings. The number of aryl methyl sites for hydroxylation is 10. The third-order valence-corrected chi connectivity index (χ3v) is 39.0. The van der Waals surface area contributed by atoms with E-state index in [9.17, 15) is 20.7 Å². The lowest BCUT2D eigenvalue weighted by Gasteiger charge is -2.16. The molecule has 804 valence electrons. The van der Waals surface area contributed by atoms with Crippen molar-refractivity contribution in [2.45, 2.75) is 188 Å². The van der Waals surface area contributed by atoms with Crippen LogP contribution >= 0.6 is 139 Å².